The summed E-state index contributed by atoms with van der Waals surface area (Å²) in [6.45, 7) is 12.5. The van der Waals surface area contributed by atoms with Crippen LogP contribution in [0.5, 0.6) is 0 Å². The zero-order valence-corrected chi connectivity index (χ0v) is 22.5. The normalized spacial score (nSPS) is 21.0. The van der Waals surface area contributed by atoms with Crippen molar-refractivity contribution >= 4 is 24.3 Å². The van der Waals surface area contributed by atoms with Crippen molar-refractivity contribution in [3.8, 4) is 0 Å². The summed E-state index contributed by atoms with van der Waals surface area (Å²) in [5, 5.41) is 0. The molecule has 2 fully saturated rings. The quantitative estimate of drug-likeness (QED) is 0.156. The van der Waals surface area contributed by atoms with Gasteiger partial charge in [-0.2, -0.15) is 0 Å². The van der Waals surface area contributed by atoms with E-state index in [1.54, 1.807) is 0 Å². The molecule has 162 valence electrons. The van der Waals surface area contributed by atoms with E-state index in [0.717, 1.165) is 6.54 Å². The molecule has 0 atom stereocenters. The van der Waals surface area contributed by atoms with Crippen molar-refractivity contribution in [1.29, 1.82) is 0 Å². The molecular weight excluding hydrogens is 449 g/mol. The molecule has 1 aliphatic heterocycles. The third-order valence-electron chi connectivity index (χ3n) is 7.26. The van der Waals surface area contributed by atoms with Crippen LogP contribution >= 0.6 is 0 Å². The Morgan fingerprint density at radius 3 is 1.86 bits per heavy atom. The van der Waals surface area contributed by atoms with Gasteiger partial charge in [0.1, 0.15) is 0 Å². The number of likely N-dealkylation sites (tertiary alicyclic amines) is 1. The van der Waals surface area contributed by atoms with Crippen LogP contribution in [0, 0.1) is 5.92 Å². The van der Waals surface area contributed by atoms with Gasteiger partial charge in [0.15, 0.2) is 0 Å². The molecule has 0 aromatic carbocycles. The van der Waals surface area contributed by atoms with Gasteiger partial charge in [-0.1, -0.05) is 0 Å². The van der Waals surface area contributed by atoms with Gasteiger partial charge in [0, 0.05) is 0 Å². The number of amides is 1. The molecule has 0 radical (unpaired) electrons. The second kappa shape index (κ2) is 11.4. The molecule has 1 heterocycles. The zero-order chi connectivity index (χ0) is 20.6. The summed E-state index contributed by atoms with van der Waals surface area (Å²) in [5.41, 5.74) is 1.44. The number of unbranched alkanes of at least 4 members (excludes halogenated alkanes) is 3. The molecule has 0 aromatic rings. The van der Waals surface area contributed by atoms with Crippen LogP contribution in [-0.2, 0) is 4.79 Å². The van der Waals surface area contributed by atoms with E-state index < -0.39 is 18.4 Å². The molecule has 2 aliphatic rings. The fourth-order valence-electron chi connectivity index (χ4n) is 5.61. The predicted octanol–water partition coefficient (Wildman–Crippen LogP) is 7.50. The number of hydrogen-bond acceptors (Lipinski definition) is 1. The average Bonchev–Trinajstić information content (AvgIpc) is 2.71. The van der Waals surface area contributed by atoms with Crippen molar-refractivity contribution < 1.29 is 4.79 Å². The molecule has 2 nitrogen and oxygen atoms in total. The summed E-state index contributed by atoms with van der Waals surface area (Å²) in [6.07, 6.45) is 14.5. The van der Waals surface area contributed by atoms with Crippen LogP contribution in [0.3, 0.4) is 0 Å². The molecule has 0 N–H and O–H groups in total. The van der Waals surface area contributed by atoms with Crippen molar-refractivity contribution in [2.45, 2.75) is 124 Å². The molecule has 0 bridgehead atoms. The van der Waals surface area contributed by atoms with E-state index in [1.807, 2.05) is 0 Å². The fraction of sp³-hybridized carbons (Fsp3) is 0.880. The van der Waals surface area contributed by atoms with E-state index >= 15 is 0 Å². The van der Waals surface area contributed by atoms with Gasteiger partial charge < -0.3 is 0 Å². The summed E-state index contributed by atoms with van der Waals surface area (Å²) in [5.74, 6) is 0.985. The van der Waals surface area contributed by atoms with Crippen molar-refractivity contribution in [1.82, 2.24) is 4.90 Å². The van der Waals surface area contributed by atoms with Gasteiger partial charge in [-0.15, -0.1) is 0 Å². The second-order valence-corrected chi connectivity index (χ2v) is 23.0. The van der Waals surface area contributed by atoms with E-state index in [0.29, 0.717) is 11.8 Å². The molecular formula is C25H47NOSn. The Kier molecular flexibility index (Phi) is 9.90. The number of carbonyl (C=O) groups excluding carboxylic acids is 1. The first-order valence-electron chi connectivity index (χ1n) is 12.5. The molecule has 0 unspecified atom stereocenters. The Balaban J connectivity index is 2.38. The van der Waals surface area contributed by atoms with Crippen molar-refractivity contribution in [3.05, 3.63) is 9.67 Å². The Bertz CT molecular complexity index is 497. The van der Waals surface area contributed by atoms with Crippen LogP contribution in [0.1, 0.15) is 105 Å². The number of carbonyl (C=O) groups is 1. The van der Waals surface area contributed by atoms with Crippen LogP contribution in [0.15, 0.2) is 9.67 Å². The van der Waals surface area contributed by atoms with E-state index in [4.69, 9.17) is 0 Å². The second-order valence-electron chi connectivity index (χ2n) is 10.1. The van der Waals surface area contributed by atoms with Crippen molar-refractivity contribution in [3.63, 3.8) is 0 Å². The number of β-lactam (4-membered cyclic amide) rings is 1. The van der Waals surface area contributed by atoms with Gasteiger partial charge in [0.25, 0.3) is 0 Å². The fourth-order valence-corrected chi connectivity index (χ4v) is 20.9. The molecule has 0 aromatic heterocycles. The van der Waals surface area contributed by atoms with Gasteiger partial charge in [0.05, 0.1) is 0 Å². The number of hydrogen-bond donors (Lipinski definition) is 0. The van der Waals surface area contributed by atoms with Crippen LogP contribution in [-0.4, -0.2) is 41.3 Å². The van der Waals surface area contributed by atoms with Crippen LogP contribution in [0.2, 0.25) is 13.3 Å². The number of rotatable bonds is 12. The summed E-state index contributed by atoms with van der Waals surface area (Å²) in [4.78, 5) is 15.7. The predicted molar refractivity (Wildman–Crippen MR) is 125 cm³/mol. The Morgan fingerprint density at radius 2 is 1.43 bits per heavy atom. The zero-order valence-electron chi connectivity index (χ0n) is 19.6. The molecule has 3 heteroatoms. The Labute approximate surface area is 179 Å². The van der Waals surface area contributed by atoms with Crippen LogP contribution < -0.4 is 0 Å². The molecule has 28 heavy (non-hydrogen) atoms. The maximum absolute atomic E-state index is 13.4. The molecule has 1 amide bonds. The van der Waals surface area contributed by atoms with Crippen molar-refractivity contribution in [2.24, 2.45) is 5.92 Å². The monoisotopic (exact) mass is 497 g/mol. The SMILES string of the molecule is CCC[CH2][Sn](/[CH]=C1\C(=O)N(CC(C)C)C12CCCCC2)([CH2]CCC)[CH2]CCC. The van der Waals surface area contributed by atoms with E-state index in [1.165, 1.54) is 89.5 Å². The van der Waals surface area contributed by atoms with Gasteiger partial charge in [-0.05, 0) is 0 Å². The minimum absolute atomic E-state index is 0.131. The third kappa shape index (κ3) is 5.58. The van der Waals surface area contributed by atoms with Gasteiger partial charge in [-0.3, -0.25) is 0 Å². The van der Waals surface area contributed by atoms with Gasteiger partial charge in [0.2, 0.25) is 0 Å². The van der Waals surface area contributed by atoms with Gasteiger partial charge >= 0.3 is 180 Å². The van der Waals surface area contributed by atoms with E-state index in [-0.39, 0.29) is 5.54 Å². The topological polar surface area (TPSA) is 20.3 Å². The first-order valence-corrected chi connectivity index (χ1v) is 20.2. The maximum atomic E-state index is 13.4. The molecule has 1 saturated heterocycles. The van der Waals surface area contributed by atoms with E-state index in [2.05, 4.69) is 43.6 Å². The summed E-state index contributed by atoms with van der Waals surface area (Å²) >= 11 is -2.43. The summed E-state index contributed by atoms with van der Waals surface area (Å²) in [7, 11) is 0. The summed E-state index contributed by atoms with van der Waals surface area (Å²) in [6, 6.07) is 0. The standard InChI is InChI=1S/C13H20NO.3C4H9.Sn/c1-10(2)9-14-12(15)11(3)13(14)7-5-4-6-8-13;3*1-3-4-2;/h3,10H,4-9H2,1-2H3;3*1,3-4H2,2H3;. The molecule has 1 saturated carbocycles. The van der Waals surface area contributed by atoms with Crippen molar-refractivity contribution in [2.75, 3.05) is 6.54 Å². The van der Waals surface area contributed by atoms with Crippen LogP contribution in [0.25, 0.3) is 0 Å². The van der Waals surface area contributed by atoms with Gasteiger partial charge in [-0.25, -0.2) is 0 Å². The Hall–Kier alpha value is 0.00870. The first kappa shape index (κ1) is 24.3. The number of nitrogens with zero attached hydrogens (tertiary/aromatic N) is 1. The molecule has 1 aliphatic carbocycles. The third-order valence-corrected chi connectivity index (χ3v) is 21.4. The average molecular weight is 496 g/mol. The Morgan fingerprint density at radius 1 is 0.929 bits per heavy atom. The molecule has 1 spiro atoms. The molecule has 2 rings (SSSR count). The first-order chi connectivity index (χ1) is 13.4. The summed E-state index contributed by atoms with van der Waals surface area (Å²) < 4.78 is 7.19. The minimum atomic E-state index is -2.43. The van der Waals surface area contributed by atoms with Crippen LogP contribution in [0.4, 0.5) is 0 Å². The van der Waals surface area contributed by atoms with E-state index in [9.17, 15) is 4.79 Å².